The standard InChI is InChI=1S/C10H13Cl/c1-4-6-10(5-2)8-7-9(3)11/h7-8H,5H2,1-3H3/b9-7+,10-8+. The van der Waals surface area contributed by atoms with Crippen LogP contribution < -0.4 is 0 Å². The van der Waals surface area contributed by atoms with Gasteiger partial charge in [0.05, 0.1) is 0 Å². The smallest absolute Gasteiger partial charge is 0.0150 e. The Morgan fingerprint density at radius 3 is 2.45 bits per heavy atom. The molecule has 0 unspecified atom stereocenters. The average Bonchev–Trinajstić information content (AvgIpc) is 1.97. The Hall–Kier alpha value is -0.670. The number of hydrogen-bond donors (Lipinski definition) is 0. The second-order valence-electron chi connectivity index (χ2n) is 2.17. The fourth-order valence-corrected chi connectivity index (χ4v) is 0.687. The highest BCUT2D eigenvalue weighted by atomic mass is 35.5. The van der Waals surface area contributed by atoms with Gasteiger partial charge in [-0.05, 0) is 32.4 Å². The maximum atomic E-state index is 5.65. The van der Waals surface area contributed by atoms with Crippen molar-refractivity contribution < 1.29 is 0 Å². The first-order chi connectivity index (χ1) is 5.20. The van der Waals surface area contributed by atoms with E-state index in [1.165, 1.54) is 0 Å². The third-order valence-corrected chi connectivity index (χ3v) is 1.31. The SMILES string of the molecule is CC#C/C(=C/C=C(\C)Cl)CC. The number of allylic oxidation sites excluding steroid dienone is 4. The molecule has 0 bridgehead atoms. The van der Waals surface area contributed by atoms with Crippen LogP contribution in [0.15, 0.2) is 22.8 Å². The van der Waals surface area contributed by atoms with Crippen molar-refractivity contribution in [1.82, 2.24) is 0 Å². The summed E-state index contributed by atoms with van der Waals surface area (Å²) in [6, 6.07) is 0. The summed E-state index contributed by atoms with van der Waals surface area (Å²) in [7, 11) is 0. The summed E-state index contributed by atoms with van der Waals surface area (Å²) in [5.41, 5.74) is 1.12. The maximum Gasteiger partial charge on any atom is 0.0150 e. The van der Waals surface area contributed by atoms with Gasteiger partial charge in [0.15, 0.2) is 0 Å². The van der Waals surface area contributed by atoms with Crippen molar-refractivity contribution in [1.29, 1.82) is 0 Å². The Kier molecular flexibility index (Phi) is 5.70. The molecule has 0 aromatic heterocycles. The van der Waals surface area contributed by atoms with Gasteiger partial charge in [-0.3, -0.25) is 0 Å². The molecule has 0 saturated carbocycles. The highest BCUT2D eigenvalue weighted by Crippen LogP contribution is 2.03. The molecular formula is C10H13Cl. The Bertz CT molecular complexity index is 219. The minimum Gasteiger partial charge on any atom is -0.102 e. The zero-order valence-corrected chi connectivity index (χ0v) is 8.00. The second-order valence-corrected chi connectivity index (χ2v) is 2.77. The van der Waals surface area contributed by atoms with Crippen molar-refractivity contribution in [2.24, 2.45) is 0 Å². The lowest BCUT2D eigenvalue weighted by Gasteiger charge is -1.89. The van der Waals surface area contributed by atoms with E-state index in [1.807, 2.05) is 26.0 Å². The van der Waals surface area contributed by atoms with Crippen molar-refractivity contribution in [3.05, 3.63) is 22.8 Å². The molecule has 0 heterocycles. The number of halogens is 1. The molecule has 0 radical (unpaired) electrons. The van der Waals surface area contributed by atoms with Crippen molar-refractivity contribution >= 4 is 11.6 Å². The first-order valence-corrected chi connectivity index (χ1v) is 4.04. The van der Waals surface area contributed by atoms with Crippen LogP contribution in [0.1, 0.15) is 27.2 Å². The van der Waals surface area contributed by atoms with Crippen molar-refractivity contribution in [3.8, 4) is 11.8 Å². The fraction of sp³-hybridized carbons (Fsp3) is 0.400. The van der Waals surface area contributed by atoms with Crippen LogP contribution in [0.4, 0.5) is 0 Å². The van der Waals surface area contributed by atoms with Gasteiger partial charge in [-0.15, -0.1) is 5.92 Å². The maximum absolute atomic E-state index is 5.65. The average molecular weight is 169 g/mol. The van der Waals surface area contributed by atoms with E-state index in [0.29, 0.717) is 0 Å². The van der Waals surface area contributed by atoms with Gasteiger partial charge < -0.3 is 0 Å². The molecular weight excluding hydrogens is 156 g/mol. The van der Waals surface area contributed by atoms with Gasteiger partial charge in [0.25, 0.3) is 0 Å². The lowest BCUT2D eigenvalue weighted by atomic mass is 10.2. The highest BCUT2D eigenvalue weighted by Gasteiger charge is 1.84. The molecule has 0 aliphatic carbocycles. The third kappa shape index (κ3) is 5.76. The normalized spacial score (nSPS) is 12.4. The Morgan fingerprint density at radius 1 is 1.45 bits per heavy atom. The summed E-state index contributed by atoms with van der Waals surface area (Å²) >= 11 is 5.65. The number of rotatable bonds is 2. The van der Waals surface area contributed by atoms with Gasteiger partial charge in [0, 0.05) is 10.6 Å². The molecule has 11 heavy (non-hydrogen) atoms. The minimum absolute atomic E-state index is 0.786. The van der Waals surface area contributed by atoms with Crippen LogP contribution in [0, 0.1) is 11.8 Å². The van der Waals surface area contributed by atoms with Gasteiger partial charge in [0.2, 0.25) is 0 Å². The molecule has 0 nitrogen and oxygen atoms in total. The van der Waals surface area contributed by atoms with E-state index in [0.717, 1.165) is 17.0 Å². The summed E-state index contributed by atoms with van der Waals surface area (Å²) in [5.74, 6) is 5.85. The lowest BCUT2D eigenvalue weighted by molar-refractivity contribution is 1.16. The van der Waals surface area contributed by atoms with Crippen LogP contribution in [0.3, 0.4) is 0 Å². The predicted octanol–water partition coefficient (Wildman–Crippen LogP) is 3.49. The zero-order valence-electron chi connectivity index (χ0n) is 7.24. The molecule has 0 spiro atoms. The minimum atomic E-state index is 0.786. The van der Waals surface area contributed by atoms with Gasteiger partial charge in [-0.1, -0.05) is 24.4 Å². The van der Waals surface area contributed by atoms with E-state index in [2.05, 4.69) is 18.8 Å². The van der Waals surface area contributed by atoms with E-state index in [1.54, 1.807) is 0 Å². The number of hydrogen-bond acceptors (Lipinski definition) is 0. The third-order valence-electron chi connectivity index (χ3n) is 1.18. The Labute approximate surface area is 73.9 Å². The van der Waals surface area contributed by atoms with Crippen LogP contribution in [0.25, 0.3) is 0 Å². The molecule has 0 atom stereocenters. The summed E-state index contributed by atoms with van der Waals surface area (Å²) in [6.07, 6.45) is 4.78. The Balaban J connectivity index is 4.32. The van der Waals surface area contributed by atoms with Crippen molar-refractivity contribution in [2.75, 3.05) is 0 Å². The van der Waals surface area contributed by atoms with Crippen LogP contribution in [0.2, 0.25) is 0 Å². The largest absolute Gasteiger partial charge is 0.102 e. The quantitative estimate of drug-likeness (QED) is 0.438. The van der Waals surface area contributed by atoms with Crippen molar-refractivity contribution in [2.45, 2.75) is 27.2 Å². The van der Waals surface area contributed by atoms with E-state index in [4.69, 9.17) is 11.6 Å². The molecule has 0 aliphatic rings. The molecule has 1 heteroatoms. The van der Waals surface area contributed by atoms with E-state index < -0.39 is 0 Å². The van der Waals surface area contributed by atoms with Gasteiger partial charge in [-0.25, -0.2) is 0 Å². The van der Waals surface area contributed by atoms with Crippen LogP contribution in [-0.4, -0.2) is 0 Å². The molecule has 0 saturated heterocycles. The van der Waals surface area contributed by atoms with E-state index in [-0.39, 0.29) is 0 Å². The summed E-state index contributed by atoms with van der Waals surface area (Å²) < 4.78 is 0. The molecule has 0 rings (SSSR count). The summed E-state index contributed by atoms with van der Waals surface area (Å²) in [5, 5.41) is 0.786. The van der Waals surface area contributed by atoms with Crippen LogP contribution >= 0.6 is 11.6 Å². The molecule has 0 aromatic rings. The van der Waals surface area contributed by atoms with E-state index in [9.17, 15) is 0 Å². The molecule has 0 N–H and O–H groups in total. The van der Waals surface area contributed by atoms with Crippen LogP contribution in [-0.2, 0) is 0 Å². The van der Waals surface area contributed by atoms with Crippen LogP contribution in [0.5, 0.6) is 0 Å². The summed E-state index contributed by atoms with van der Waals surface area (Å²) in [6.45, 7) is 5.76. The first kappa shape index (κ1) is 10.3. The summed E-state index contributed by atoms with van der Waals surface area (Å²) in [4.78, 5) is 0. The topological polar surface area (TPSA) is 0 Å². The molecule has 0 amide bonds. The monoisotopic (exact) mass is 168 g/mol. The predicted molar refractivity (Wildman–Crippen MR) is 51.4 cm³/mol. The molecule has 0 aromatic carbocycles. The van der Waals surface area contributed by atoms with Gasteiger partial charge in [0.1, 0.15) is 0 Å². The second kappa shape index (κ2) is 6.07. The molecule has 60 valence electrons. The van der Waals surface area contributed by atoms with Gasteiger partial charge >= 0.3 is 0 Å². The van der Waals surface area contributed by atoms with Crippen molar-refractivity contribution in [3.63, 3.8) is 0 Å². The van der Waals surface area contributed by atoms with E-state index >= 15 is 0 Å². The van der Waals surface area contributed by atoms with Gasteiger partial charge in [-0.2, -0.15) is 0 Å². The first-order valence-electron chi connectivity index (χ1n) is 3.66. The zero-order chi connectivity index (χ0) is 8.69. The fourth-order valence-electron chi connectivity index (χ4n) is 0.624. The highest BCUT2D eigenvalue weighted by molar-refractivity contribution is 6.29. The molecule has 0 fully saturated rings. The molecule has 0 aliphatic heterocycles. The lowest BCUT2D eigenvalue weighted by Crippen LogP contribution is -1.72. The Morgan fingerprint density at radius 2 is 2.09 bits per heavy atom.